The molecule has 2 aliphatic heterocycles. The number of ether oxygens (including phenoxy) is 1. The Kier molecular flexibility index (Phi) is 5.02. The van der Waals surface area contributed by atoms with E-state index in [-0.39, 0.29) is 34.6 Å². The lowest BCUT2D eigenvalue weighted by atomic mass is 9.43. The van der Waals surface area contributed by atoms with Crippen LogP contribution in [0.4, 0.5) is 0 Å². The van der Waals surface area contributed by atoms with E-state index in [4.69, 9.17) is 4.74 Å². The highest BCUT2D eigenvalue weighted by atomic mass is 16.5. The van der Waals surface area contributed by atoms with Crippen molar-refractivity contribution in [3.8, 4) is 23.3 Å². The lowest BCUT2D eigenvalue weighted by Gasteiger charge is -2.66. The molecule has 0 aromatic heterocycles. The van der Waals surface area contributed by atoms with Gasteiger partial charge in [-0.1, -0.05) is 31.0 Å². The molecule has 2 aromatic carbocycles. The highest BCUT2D eigenvalue weighted by Gasteiger charge is 2.71. The minimum Gasteiger partial charge on any atom is -0.504 e. The molecule has 1 amide bonds. The number of rotatable bonds is 3. The van der Waals surface area contributed by atoms with Crippen LogP contribution in [0.25, 0.3) is 0 Å². The van der Waals surface area contributed by atoms with Crippen molar-refractivity contribution < 1.29 is 14.6 Å². The molecule has 3 aliphatic carbocycles. The van der Waals surface area contributed by atoms with Crippen molar-refractivity contribution in [3.05, 3.63) is 58.7 Å². The minimum atomic E-state index is -0.194. The summed E-state index contributed by atoms with van der Waals surface area (Å²) in [6, 6.07) is 12.3. The van der Waals surface area contributed by atoms with Gasteiger partial charge in [0.25, 0.3) is 5.91 Å². The molecule has 2 saturated carbocycles. The van der Waals surface area contributed by atoms with Crippen LogP contribution in [0.5, 0.6) is 11.5 Å². The van der Waals surface area contributed by atoms with Gasteiger partial charge in [0.05, 0.1) is 6.04 Å². The summed E-state index contributed by atoms with van der Waals surface area (Å²) in [4.78, 5) is 18.0. The fourth-order valence-corrected chi connectivity index (χ4v) is 8.39. The highest BCUT2D eigenvalue weighted by molar-refractivity contribution is 5.94. The Hall–Kier alpha value is -2.97. The zero-order valence-corrected chi connectivity index (χ0v) is 22.1. The monoisotopic (exact) mass is 496 g/mol. The van der Waals surface area contributed by atoms with Gasteiger partial charge in [0.2, 0.25) is 0 Å². The molecule has 0 radical (unpaired) electrons. The van der Waals surface area contributed by atoms with E-state index in [1.807, 2.05) is 49.2 Å². The third kappa shape index (κ3) is 3.24. The third-order valence-electron chi connectivity index (χ3n) is 10.5. The Morgan fingerprint density at radius 2 is 2.05 bits per heavy atom. The number of phenols is 1. The van der Waals surface area contributed by atoms with Gasteiger partial charge in [-0.15, -0.1) is 0 Å². The van der Waals surface area contributed by atoms with Crippen LogP contribution in [-0.2, 0) is 16.6 Å². The van der Waals surface area contributed by atoms with E-state index < -0.39 is 0 Å². The number of likely N-dealkylation sites (tertiary alicyclic amines) is 1. The van der Waals surface area contributed by atoms with Gasteiger partial charge in [0.15, 0.2) is 11.5 Å². The van der Waals surface area contributed by atoms with E-state index in [0.29, 0.717) is 11.8 Å². The lowest BCUT2D eigenvalue weighted by molar-refractivity contribution is -0.150. The van der Waals surface area contributed by atoms with Crippen molar-refractivity contribution in [2.45, 2.75) is 76.0 Å². The van der Waals surface area contributed by atoms with Crippen molar-refractivity contribution in [1.82, 2.24) is 9.80 Å². The molecule has 5 atom stereocenters. The molecule has 2 bridgehead atoms. The van der Waals surface area contributed by atoms with Gasteiger partial charge < -0.3 is 14.7 Å². The zero-order valence-electron chi connectivity index (χ0n) is 22.1. The normalized spacial score (nSPS) is 33.1. The Bertz CT molecular complexity index is 1350. The van der Waals surface area contributed by atoms with Crippen molar-refractivity contribution >= 4 is 5.91 Å². The number of aryl methyl sites for hydroxylation is 1. The predicted octanol–water partition coefficient (Wildman–Crippen LogP) is 4.42. The molecular formula is C32H36N2O3. The van der Waals surface area contributed by atoms with Gasteiger partial charge in [-0.25, -0.2) is 0 Å². The van der Waals surface area contributed by atoms with Crippen LogP contribution in [0.1, 0.15) is 61.3 Å². The number of benzene rings is 2. The molecule has 5 nitrogen and oxygen atoms in total. The predicted molar refractivity (Wildman–Crippen MR) is 143 cm³/mol. The molecule has 2 heterocycles. The number of likely N-dealkylation sites (N-methyl/N-ethyl adjacent to an activating group) is 1. The molecule has 1 saturated heterocycles. The number of carbonyl (C=O) groups excluding carboxylic acids is 1. The Morgan fingerprint density at radius 1 is 1.22 bits per heavy atom. The second-order valence-electron chi connectivity index (χ2n) is 12.4. The van der Waals surface area contributed by atoms with Gasteiger partial charge in [0, 0.05) is 42.1 Å². The van der Waals surface area contributed by atoms with Crippen LogP contribution >= 0.6 is 0 Å². The average Bonchev–Trinajstić information content (AvgIpc) is 3.62. The number of piperidine rings is 1. The van der Waals surface area contributed by atoms with Crippen LogP contribution in [0.3, 0.4) is 0 Å². The van der Waals surface area contributed by atoms with Crippen molar-refractivity contribution in [3.63, 3.8) is 0 Å². The standard InChI is InChI=1S/C32H36N2O3/c1-20-5-4-6-21(17-20)9-12-27(36)33(3)24-13-14-31(2)26-18-23-10-11-25(35)29-28(23)32(31,30(24)37-29)15-16-34(26)19-22-7-8-22/h4-6,10-11,17,22,24,26,30,35H,7-8,13-16,18-19H2,1-3H3/t24-,26-,30+,31+,32+/m1/s1. The fourth-order valence-electron chi connectivity index (χ4n) is 8.39. The van der Waals surface area contributed by atoms with Crippen molar-refractivity contribution in [2.75, 3.05) is 20.1 Å². The van der Waals surface area contributed by atoms with Crippen LogP contribution in [0.2, 0.25) is 0 Å². The molecule has 5 heteroatoms. The van der Waals surface area contributed by atoms with Gasteiger partial charge in [-0.3, -0.25) is 9.69 Å². The van der Waals surface area contributed by atoms with Gasteiger partial charge in [-0.2, -0.15) is 0 Å². The first-order valence-corrected chi connectivity index (χ1v) is 13.9. The topological polar surface area (TPSA) is 53.0 Å². The van der Waals surface area contributed by atoms with Gasteiger partial charge in [0.1, 0.15) is 6.10 Å². The quantitative estimate of drug-likeness (QED) is 0.640. The number of hydrogen-bond donors (Lipinski definition) is 1. The molecule has 0 unspecified atom stereocenters. The number of hydrogen-bond acceptors (Lipinski definition) is 4. The first-order valence-electron chi connectivity index (χ1n) is 13.9. The van der Waals surface area contributed by atoms with Crippen LogP contribution in [-0.4, -0.2) is 59.1 Å². The maximum Gasteiger partial charge on any atom is 0.298 e. The van der Waals surface area contributed by atoms with Crippen molar-refractivity contribution in [2.24, 2.45) is 11.3 Å². The summed E-state index contributed by atoms with van der Waals surface area (Å²) in [6.07, 6.45) is 6.51. The molecule has 192 valence electrons. The summed E-state index contributed by atoms with van der Waals surface area (Å²) >= 11 is 0. The molecule has 3 fully saturated rings. The summed E-state index contributed by atoms with van der Waals surface area (Å²) in [7, 11) is 1.88. The van der Waals surface area contributed by atoms with E-state index in [0.717, 1.165) is 49.3 Å². The van der Waals surface area contributed by atoms with Crippen LogP contribution < -0.4 is 4.74 Å². The summed E-state index contributed by atoms with van der Waals surface area (Å²) < 4.78 is 6.76. The van der Waals surface area contributed by atoms with Gasteiger partial charge >= 0.3 is 0 Å². The Morgan fingerprint density at radius 3 is 2.84 bits per heavy atom. The second kappa shape index (κ2) is 8.01. The Labute approximate surface area is 219 Å². The summed E-state index contributed by atoms with van der Waals surface area (Å²) in [5, 5.41) is 10.9. The molecule has 1 spiro atoms. The number of carbonyl (C=O) groups is 1. The number of nitrogens with zero attached hydrogens (tertiary/aromatic N) is 2. The number of amides is 1. The molecule has 37 heavy (non-hydrogen) atoms. The second-order valence-corrected chi connectivity index (χ2v) is 12.4. The van der Waals surface area contributed by atoms with E-state index >= 15 is 0 Å². The van der Waals surface area contributed by atoms with Crippen LogP contribution in [0.15, 0.2) is 36.4 Å². The summed E-state index contributed by atoms with van der Waals surface area (Å²) in [6.45, 7) is 6.77. The summed E-state index contributed by atoms with van der Waals surface area (Å²) in [5.41, 5.74) is 4.40. The number of phenolic OH excluding ortho intramolecular Hbond substituents is 1. The zero-order chi connectivity index (χ0) is 25.5. The third-order valence-corrected chi connectivity index (χ3v) is 10.5. The highest BCUT2D eigenvalue weighted by Crippen LogP contribution is 2.69. The van der Waals surface area contributed by atoms with E-state index in [2.05, 4.69) is 29.7 Å². The number of aromatic hydroxyl groups is 1. The fraction of sp³-hybridized carbons (Fsp3) is 0.531. The summed E-state index contributed by atoms with van der Waals surface area (Å²) in [5.74, 6) is 7.55. The molecule has 5 aliphatic rings. The first kappa shape index (κ1) is 23.2. The Balaban J connectivity index is 1.26. The SMILES string of the molecule is Cc1cccc(C#CC(=O)N(C)[C@@H]2CC[C@@]3(C)[C@H]4Cc5ccc(O)c6c5[C@@]3(CCN4CC3CC3)[C@H]2O6)c1. The lowest BCUT2D eigenvalue weighted by Crippen LogP contribution is -2.73. The van der Waals surface area contributed by atoms with E-state index in [9.17, 15) is 9.90 Å². The van der Waals surface area contributed by atoms with E-state index in [1.54, 1.807) is 0 Å². The molecular weight excluding hydrogens is 460 g/mol. The minimum absolute atomic E-state index is 0.0461. The smallest absolute Gasteiger partial charge is 0.298 e. The maximum absolute atomic E-state index is 13.4. The van der Waals surface area contributed by atoms with Gasteiger partial charge in [-0.05, 0) is 92.7 Å². The van der Waals surface area contributed by atoms with Crippen LogP contribution in [0, 0.1) is 30.1 Å². The van der Waals surface area contributed by atoms with Crippen molar-refractivity contribution in [1.29, 1.82) is 0 Å². The first-order chi connectivity index (χ1) is 17.8. The van der Waals surface area contributed by atoms with E-state index in [1.165, 1.54) is 30.5 Å². The molecule has 2 aromatic rings. The largest absolute Gasteiger partial charge is 0.504 e. The molecule has 1 N–H and O–H groups in total. The maximum atomic E-state index is 13.4. The average molecular weight is 497 g/mol. The molecule has 7 rings (SSSR count).